The Morgan fingerprint density at radius 3 is 1.66 bits per heavy atom. The highest BCUT2D eigenvalue weighted by Gasteiger charge is 2.37. The summed E-state index contributed by atoms with van der Waals surface area (Å²) in [5, 5.41) is 0. The van der Waals surface area contributed by atoms with E-state index in [0.29, 0.717) is 12.1 Å². The maximum atomic E-state index is 14.6. The quantitative estimate of drug-likeness (QED) is 0.0432. The predicted octanol–water partition coefficient (Wildman–Crippen LogP) is 4.79. The van der Waals surface area contributed by atoms with Crippen molar-refractivity contribution in [3.05, 3.63) is 134 Å². The van der Waals surface area contributed by atoms with Gasteiger partial charge in [0.2, 0.25) is 11.2 Å². The molecule has 0 fully saturated rings. The van der Waals surface area contributed by atoms with Crippen LogP contribution in [-0.2, 0) is 39.4 Å². The van der Waals surface area contributed by atoms with Crippen LogP contribution in [0.4, 0.5) is 30.7 Å². The molecule has 0 saturated carbocycles. The van der Waals surface area contributed by atoms with Gasteiger partial charge in [-0.25, -0.2) is 60.1 Å². The van der Waals surface area contributed by atoms with Crippen molar-refractivity contribution in [3.8, 4) is 11.4 Å². The molecular weight excluding hydrogens is 1030 g/mol. The van der Waals surface area contributed by atoms with Gasteiger partial charge in [0, 0.05) is 28.2 Å². The number of methoxy groups -OCH3 is 1. The third-order valence-electron chi connectivity index (χ3n) is 8.16. The second-order valence-electron chi connectivity index (χ2n) is 13.7. The molecule has 65 heavy (non-hydrogen) atoms. The Balaban J connectivity index is 0.000000345. The molecule has 4 rings (SSSR count). The first kappa shape index (κ1) is 53.0. The van der Waals surface area contributed by atoms with E-state index in [-0.39, 0.29) is 54.2 Å². The molecule has 2 aromatic heterocycles. The maximum absolute atomic E-state index is 14.6. The number of H-pyrrole nitrogens is 1. The van der Waals surface area contributed by atoms with Gasteiger partial charge in [0.1, 0.15) is 36.2 Å². The number of esters is 4. The zero-order valence-corrected chi connectivity index (χ0v) is 37.2. The van der Waals surface area contributed by atoms with Gasteiger partial charge in [-0.05, 0) is 83.8 Å². The summed E-state index contributed by atoms with van der Waals surface area (Å²) in [5.74, 6) is -1.16. The lowest BCUT2D eigenvalue weighted by atomic mass is 10.1. The lowest BCUT2D eigenvalue weighted by molar-refractivity contribution is -0.163. The van der Waals surface area contributed by atoms with Crippen molar-refractivity contribution in [1.82, 2.24) is 18.8 Å². The van der Waals surface area contributed by atoms with Crippen molar-refractivity contribution in [2.75, 3.05) is 32.8 Å². The highest BCUT2D eigenvalue weighted by Crippen LogP contribution is 2.29. The molecule has 0 aliphatic heterocycles. The van der Waals surface area contributed by atoms with Gasteiger partial charge in [0.25, 0.3) is 17.5 Å². The number of nitrogen functional groups attached to an aromatic ring is 1. The number of alkyl halides is 5. The number of halogens is 9. The highest BCUT2D eigenvalue weighted by molar-refractivity contribution is 9.10. The van der Waals surface area contributed by atoms with E-state index >= 15 is 0 Å². The number of hydrogen-bond acceptors (Lipinski definition) is 14. The number of nitrogens with zero attached hydrogens (tertiary/aromatic N) is 3. The summed E-state index contributed by atoms with van der Waals surface area (Å²) < 4.78 is 118. The van der Waals surface area contributed by atoms with E-state index in [1.54, 1.807) is 0 Å². The Labute approximate surface area is 376 Å². The van der Waals surface area contributed by atoms with Gasteiger partial charge in [-0.15, -0.1) is 0 Å². The van der Waals surface area contributed by atoms with Crippen molar-refractivity contribution < 1.29 is 73.6 Å². The molecule has 18 nitrogen and oxygen atoms in total. The Morgan fingerprint density at radius 2 is 1.23 bits per heavy atom. The fraction of sp³-hybridized carbons (Fsp3) is 0.316. The topological polar surface area (TPSA) is 239 Å². The number of aromatic nitrogens is 4. The molecule has 0 spiro atoms. The van der Waals surface area contributed by atoms with Gasteiger partial charge in [-0.3, -0.25) is 9.59 Å². The molecule has 27 heteroatoms. The van der Waals surface area contributed by atoms with Crippen LogP contribution >= 0.6 is 31.9 Å². The first-order valence-corrected chi connectivity index (χ1v) is 19.3. The smallest absolute Gasteiger partial charge is 0.431 e. The minimum atomic E-state index is -5.02. The number of nitrogens with two attached hydrogens (primary N) is 1. The maximum Gasteiger partial charge on any atom is 0.431 e. The molecule has 4 aromatic rings. The van der Waals surface area contributed by atoms with Crippen LogP contribution in [0, 0.1) is 11.6 Å². The number of carbonyl (C=O) groups is 4. The van der Waals surface area contributed by atoms with Crippen molar-refractivity contribution in [1.29, 1.82) is 0 Å². The molecule has 3 N–H and O–H groups in total. The van der Waals surface area contributed by atoms with Crippen LogP contribution < -0.4 is 28.3 Å². The average Bonchev–Trinajstić information content (AvgIpc) is 3.18. The first-order valence-electron chi connectivity index (χ1n) is 17.8. The van der Waals surface area contributed by atoms with E-state index in [2.05, 4.69) is 38.4 Å². The SMILES string of the molecule is C=CCOC(=O)C(C)(C)OC(=O)c1cc(-n2c(=O)cc(C(F)(F)F)[nH]c2=O)c(F)cc1Br.COCCOC(=O)C(C)(C)OC(=O)c1cc(-n2c(=O)cc(C(F)F)n(N)c2=O)c(F)cc1Br. The molecule has 0 aliphatic rings. The Bertz CT molecular complexity index is 2740. The van der Waals surface area contributed by atoms with Crippen LogP contribution in [0.3, 0.4) is 0 Å². The Hall–Kier alpha value is -6.35. The summed E-state index contributed by atoms with van der Waals surface area (Å²) in [6, 6.07) is 3.39. The predicted molar refractivity (Wildman–Crippen MR) is 217 cm³/mol. The van der Waals surface area contributed by atoms with E-state index in [9.17, 15) is 69.1 Å². The first-order chi connectivity index (χ1) is 30.0. The van der Waals surface area contributed by atoms with Crippen LogP contribution in [0.25, 0.3) is 11.4 Å². The molecule has 2 aromatic carbocycles. The lowest BCUT2D eigenvalue weighted by Crippen LogP contribution is -2.44. The summed E-state index contributed by atoms with van der Waals surface area (Å²) in [6.45, 7) is 8.18. The number of aromatic amines is 1. The van der Waals surface area contributed by atoms with Gasteiger partial charge >= 0.3 is 41.4 Å². The van der Waals surface area contributed by atoms with Crippen molar-refractivity contribution in [2.45, 2.75) is 51.5 Å². The third kappa shape index (κ3) is 12.7. The third-order valence-corrected chi connectivity index (χ3v) is 9.47. The van der Waals surface area contributed by atoms with Gasteiger partial charge in [0.15, 0.2) is 0 Å². The van der Waals surface area contributed by atoms with E-state index in [0.717, 1.165) is 18.2 Å². The van der Waals surface area contributed by atoms with Crippen molar-refractivity contribution >= 4 is 55.7 Å². The van der Waals surface area contributed by atoms with Gasteiger partial charge < -0.3 is 34.5 Å². The fourth-order valence-corrected chi connectivity index (χ4v) is 5.88. The van der Waals surface area contributed by atoms with Crippen molar-refractivity contribution in [3.63, 3.8) is 0 Å². The van der Waals surface area contributed by atoms with Gasteiger partial charge in [-0.2, -0.15) is 13.2 Å². The minimum Gasteiger partial charge on any atom is -0.460 e. The van der Waals surface area contributed by atoms with Crippen LogP contribution in [0.1, 0.15) is 66.2 Å². The van der Waals surface area contributed by atoms with E-state index in [4.69, 9.17) is 29.5 Å². The van der Waals surface area contributed by atoms with Gasteiger partial charge in [0.05, 0.1) is 29.1 Å². The largest absolute Gasteiger partial charge is 0.460 e. The summed E-state index contributed by atoms with van der Waals surface area (Å²) >= 11 is 5.89. The second kappa shape index (κ2) is 21.1. The molecular formula is C38H34Br2F7N5O13. The molecule has 0 saturated heterocycles. The standard InChI is InChI=1S/C19H15BrF4N2O6.C19H19BrF3N3O7/c1-4-5-31-16(29)18(2,3)32-15(28)9-6-12(11(21)7-10(9)20)26-14(27)8-13(19(22,23)24)25-17(26)30;1-19(2,17(29)32-5-4-31-3)33-16(28)9-6-12(11(21)7-10(9)20)25-14(27)8-13(15(22)23)26(24)18(25)30/h4,6-8H,1,5H2,2-3H3,(H,25,30);6-8,15H,4-5,24H2,1-3H3. The van der Waals surface area contributed by atoms with E-state index in [1.807, 2.05) is 0 Å². The lowest BCUT2D eigenvalue weighted by Gasteiger charge is -2.23. The molecule has 0 amide bonds. The van der Waals surface area contributed by atoms with Crippen LogP contribution in [0.2, 0.25) is 0 Å². The van der Waals surface area contributed by atoms with Crippen LogP contribution in [0.15, 0.2) is 77.2 Å². The minimum absolute atomic E-state index is 0.00925. The van der Waals surface area contributed by atoms with E-state index in [1.165, 1.54) is 45.9 Å². The normalized spacial score (nSPS) is 11.6. The molecule has 352 valence electrons. The number of benzene rings is 2. The molecule has 0 radical (unpaired) electrons. The molecule has 0 bridgehead atoms. The average molecular weight is 1060 g/mol. The monoisotopic (exact) mass is 1060 g/mol. The molecule has 2 heterocycles. The summed E-state index contributed by atoms with van der Waals surface area (Å²) in [6.07, 6.45) is -6.97. The number of nitrogens with one attached hydrogen (secondary N) is 1. The Kier molecular flexibility index (Phi) is 17.2. The zero-order valence-electron chi connectivity index (χ0n) is 34.1. The van der Waals surface area contributed by atoms with Crippen molar-refractivity contribution in [2.24, 2.45) is 0 Å². The number of hydrogen-bond donors (Lipinski definition) is 2. The zero-order chi connectivity index (χ0) is 49.5. The molecule has 0 unspecified atom stereocenters. The fourth-order valence-electron chi connectivity index (χ4n) is 4.93. The number of rotatable bonds is 14. The van der Waals surface area contributed by atoms with E-state index < -0.39 is 110 Å². The number of carbonyl (C=O) groups excluding carboxylic acids is 4. The molecule has 0 aliphatic carbocycles. The summed E-state index contributed by atoms with van der Waals surface area (Å²) in [5.41, 5.74) is -14.5. The number of ether oxygens (including phenoxy) is 5. The summed E-state index contributed by atoms with van der Waals surface area (Å²) in [7, 11) is 1.40. The van der Waals surface area contributed by atoms with Crippen LogP contribution in [-0.4, -0.2) is 80.8 Å². The van der Waals surface area contributed by atoms with Crippen LogP contribution in [0.5, 0.6) is 0 Å². The Morgan fingerprint density at radius 1 is 0.769 bits per heavy atom. The molecule has 0 atom stereocenters. The highest BCUT2D eigenvalue weighted by atomic mass is 79.9. The second-order valence-corrected chi connectivity index (χ2v) is 15.4. The van der Waals surface area contributed by atoms with Gasteiger partial charge in [-0.1, -0.05) is 12.7 Å². The summed E-state index contributed by atoms with van der Waals surface area (Å²) in [4.78, 5) is 99.8.